The van der Waals surface area contributed by atoms with Crippen LogP contribution in [-0.2, 0) is 14.3 Å². The Morgan fingerprint density at radius 3 is 2.32 bits per heavy atom. The summed E-state index contributed by atoms with van der Waals surface area (Å²) >= 11 is 0. The molecule has 0 heterocycles. The lowest BCUT2D eigenvalue weighted by Crippen LogP contribution is -2.57. The summed E-state index contributed by atoms with van der Waals surface area (Å²) < 4.78 is 4.50. The summed E-state index contributed by atoms with van der Waals surface area (Å²) in [6.07, 6.45) is 2.39. The SMILES string of the molecule is CCN(CC(=O)OC)C(=O)NC1(C(=O)O)CCCC1. The first-order valence-corrected chi connectivity index (χ1v) is 6.32. The number of carbonyl (C=O) groups excluding carboxylic acids is 2. The van der Waals surface area contributed by atoms with Crippen LogP contribution in [0.2, 0.25) is 0 Å². The monoisotopic (exact) mass is 272 g/mol. The van der Waals surface area contributed by atoms with Crippen LogP contribution in [0.1, 0.15) is 32.6 Å². The Bertz CT molecular complexity index is 363. The molecule has 0 radical (unpaired) electrons. The predicted molar refractivity (Wildman–Crippen MR) is 66.6 cm³/mol. The van der Waals surface area contributed by atoms with E-state index < -0.39 is 23.5 Å². The summed E-state index contributed by atoms with van der Waals surface area (Å²) in [4.78, 5) is 35.8. The van der Waals surface area contributed by atoms with E-state index in [1.807, 2.05) is 0 Å². The van der Waals surface area contributed by atoms with Crippen molar-refractivity contribution < 1.29 is 24.2 Å². The van der Waals surface area contributed by atoms with Crippen molar-refractivity contribution in [2.45, 2.75) is 38.1 Å². The maximum absolute atomic E-state index is 12.0. The lowest BCUT2D eigenvalue weighted by molar-refractivity contribution is -0.144. The van der Waals surface area contributed by atoms with Crippen LogP contribution in [0, 0.1) is 0 Å². The van der Waals surface area contributed by atoms with Crippen LogP contribution in [0.25, 0.3) is 0 Å². The summed E-state index contributed by atoms with van der Waals surface area (Å²) in [5.41, 5.74) is -1.19. The molecule has 1 rings (SSSR count). The van der Waals surface area contributed by atoms with Gasteiger partial charge < -0.3 is 20.1 Å². The highest BCUT2D eigenvalue weighted by molar-refractivity contribution is 5.88. The molecule has 0 aromatic rings. The number of likely N-dealkylation sites (N-methyl/N-ethyl adjacent to an activating group) is 1. The molecule has 1 saturated carbocycles. The summed E-state index contributed by atoms with van der Waals surface area (Å²) in [6.45, 7) is 1.83. The van der Waals surface area contributed by atoms with E-state index in [9.17, 15) is 19.5 Å². The summed E-state index contributed by atoms with van der Waals surface area (Å²) in [5, 5.41) is 11.8. The fourth-order valence-corrected chi connectivity index (χ4v) is 2.20. The normalized spacial score (nSPS) is 16.7. The molecular formula is C12H20N2O5. The standard InChI is InChI=1S/C12H20N2O5/c1-3-14(8-9(15)19-2)11(18)13-12(10(16)17)6-4-5-7-12/h3-8H2,1-2H3,(H,13,18)(H,16,17). The predicted octanol–water partition coefficient (Wildman–Crippen LogP) is 0.588. The van der Waals surface area contributed by atoms with Gasteiger partial charge in [0.25, 0.3) is 0 Å². The van der Waals surface area contributed by atoms with Gasteiger partial charge in [-0.3, -0.25) is 4.79 Å². The molecule has 1 fully saturated rings. The van der Waals surface area contributed by atoms with Crippen molar-refractivity contribution in [1.82, 2.24) is 10.2 Å². The highest BCUT2D eigenvalue weighted by Gasteiger charge is 2.43. The number of carbonyl (C=O) groups is 3. The Morgan fingerprint density at radius 1 is 1.32 bits per heavy atom. The van der Waals surface area contributed by atoms with Crippen molar-refractivity contribution in [2.24, 2.45) is 0 Å². The van der Waals surface area contributed by atoms with Gasteiger partial charge in [0.2, 0.25) is 0 Å². The van der Waals surface area contributed by atoms with Gasteiger partial charge in [0.05, 0.1) is 7.11 Å². The maximum atomic E-state index is 12.0. The zero-order chi connectivity index (χ0) is 14.5. The van der Waals surface area contributed by atoms with Crippen molar-refractivity contribution in [3.8, 4) is 0 Å². The van der Waals surface area contributed by atoms with Crippen LogP contribution >= 0.6 is 0 Å². The third-order valence-electron chi connectivity index (χ3n) is 3.43. The van der Waals surface area contributed by atoms with E-state index in [4.69, 9.17) is 0 Å². The minimum Gasteiger partial charge on any atom is -0.480 e. The minimum absolute atomic E-state index is 0.186. The minimum atomic E-state index is -1.19. The zero-order valence-electron chi connectivity index (χ0n) is 11.3. The van der Waals surface area contributed by atoms with Crippen LogP contribution in [0.15, 0.2) is 0 Å². The highest BCUT2D eigenvalue weighted by atomic mass is 16.5. The highest BCUT2D eigenvalue weighted by Crippen LogP contribution is 2.30. The van der Waals surface area contributed by atoms with Gasteiger partial charge in [0.15, 0.2) is 0 Å². The second-order valence-corrected chi connectivity index (χ2v) is 4.61. The van der Waals surface area contributed by atoms with E-state index in [0.717, 1.165) is 12.8 Å². The van der Waals surface area contributed by atoms with Gasteiger partial charge in [-0.05, 0) is 19.8 Å². The molecule has 2 amide bonds. The lowest BCUT2D eigenvalue weighted by atomic mass is 9.98. The van der Waals surface area contributed by atoms with Crippen LogP contribution in [0.4, 0.5) is 4.79 Å². The van der Waals surface area contributed by atoms with E-state index in [1.165, 1.54) is 12.0 Å². The number of aliphatic carboxylic acids is 1. The van der Waals surface area contributed by atoms with E-state index in [2.05, 4.69) is 10.1 Å². The first kappa shape index (κ1) is 15.3. The number of hydrogen-bond acceptors (Lipinski definition) is 4. The average Bonchev–Trinajstić information content (AvgIpc) is 2.85. The Labute approximate surface area is 111 Å². The summed E-state index contributed by atoms with van der Waals surface area (Å²) in [6, 6.07) is -0.544. The Balaban J connectivity index is 2.70. The van der Waals surface area contributed by atoms with Gasteiger partial charge in [-0.25, -0.2) is 9.59 Å². The summed E-state index contributed by atoms with van der Waals surface area (Å²) in [5.74, 6) is -1.56. The van der Waals surface area contributed by atoms with Gasteiger partial charge in [-0.15, -0.1) is 0 Å². The van der Waals surface area contributed by atoms with Crippen molar-refractivity contribution in [3.05, 3.63) is 0 Å². The molecular weight excluding hydrogens is 252 g/mol. The molecule has 7 nitrogen and oxygen atoms in total. The Kier molecular flexibility index (Phi) is 5.14. The number of carboxylic acid groups (broad SMARTS) is 1. The maximum Gasteiger partial charge on any atom is 0.329 e. The smallest absolute Gasteiger partial charge is 0.329 e. The molecule has 0 saturated heterocycles. The molecule has 7 heteroatoms. The van der Waals surface area contributed by atoms with Crippen LogP contribution < -0.4 is 5.32 Å². The van der Waals surface area contributed by atoms with E-state index in [1.54, 1.807) is 6.92 Å². The lowest BCUT2D eigenvalue weighted by Gasteiger charge is -2.29. The molecule has 0 aromatic carbocycles. The molecule has 0 bridgehead atoms. The van der Waals surface area contributed by atoms with Crippen LogP contribution in [0.3, 0.4) is 0 Å². The number of methoxy groups -OCH3 is 1. The molecule has 108 valence electrons. The molecule has 19 heavy (non-hydrogen) atoms. The quantitative estimate of drug-likeness (QED) is 0.714. The number of amides is 2. The molecule has 0 aromatic heterocycles. The topological polar surface area (TPSA) is 95.9 Å². The van der Waals surface area contributed by atoms with Crippen molar-refractivity contribution >= 4 is 18.0 Å². The van der Waals surface area contributed by atoms with E-state index >= 15 is 0 Å². The fourth-order valence-electron chi connectivity index (χ4n) is 2.20. The number of ether oxygens (including phenoxy) is 1. The van der Waals surface area contributed by atoms with E-state index in [-0.39, 0.29) is 6.54 Å². The first-order chi connectivity index (χ1) is 8.95. The van der Waals surface area contributed by atoms with Gasteiger partial charge in [-0.1, -0.05) is 12.8 Å². The second kappa shape index (κ2) is 6.40. The molecule has 2 N–H and O–H groups in total. The number of esters is 1. The van der Waals surface area contributed by atoms with Crippen LogP contribution in [0.5, 0.6) is 0 Å². The van der Waals surface area contributed by atoms with Gasteiger partial charge in [0.1, 0.15) is 12.1 Å². The Morgan fingerprint density at radius 2 is 1.89 bits per heavy atom. The number of nitrogens with one attached hydrogen (secondary N) is 1. The van der Waals surface area contributed by atoms with Gasteiger partial charge >= 0.3 is 18.0 Å². The second-order valence-electron chi connectivity index (χ2n) is 4.61. The number of hydrogen-bond donors (Lipinski definition) is 2. The van der Waals surface area contributed by atoms with Crippen LogP contribution in [-0.4, -0.2) is 53.7 Å². The molecule has 0 unspecified atom stereocenters. The van der Waals surface area contributed by atoms with Gasteiger partial charge in [0, 0.05) is 6.54 Å². The number of urea groups is 1. The third kappa shape index (κ3) is 3.59. The number of carboxylic acids is 1. The zero-order valence-corrected chi connectivity index (χ0v) is 11.3. The Hall–Kier alpha value is -1.79. The largest absolute Gasteiger partial charge is 0.480 e. The fraction of sp³-hybridized carbons (Fsp3) is 0.750. The molecule has 0 atom stereocenters. The van der Waals surface area contributed by atoms with Gasteiger partial charge in [-0.2, -0.15) is 0 Å². The molecule has 0 aliphatic heterocycles. The van der Waals surface area contributed by atoms with Crippen molar-refractivity contribution in [1.29, 1.82) is 0 Å². The van der Waals surface area contributed by atoms with Crippen molar-refractivity contribution in [3.63, 3.8) is 0 Å². The summed E-state index contributed by atoms with van der Waals surface area (Å²) in [7, 11) is 1.24. The molecule has 1 aliphatic carbocycles. The number of rotatable bonds is 5. The number of nitrogens with zero attached hydrogens (tertiary/aromatic N) is 1. The van der Waals surface area contributed by atoms with E-state index in [0.29, 0.717) is 19.4 Å². The first-order valence-electron chi connectivity index (χ1n) is 6.32. The molecule has 0 spiro atoms. The van der Waals surface area contributed by atoms with Crippen molar-refractivity contribution in [2.75, 3.05) is 20.2 Å². The third-order valence-corrected chi connectivity index (χ3v) is 3.43. The molecule has 1 aliphatic rings. The average molecular weight is 272 g/mol.